The Labute approximate surface area is 121 Å². The Morgan fingerprint density at radius 2 is 2.35 bits per heavy atom. The summed E-state index contributed by atoms with van der Waals surface area (Å²) >= 11 is 6.09. The van der Waals surface area contributed by atoms with Gasteiger partial charge in [0, 0.05) is 12.6 Å². The first-order valence-corrected chi connectivity index (χ1v) is 6.70. The van der Waals surface area contributed by atoms with Gasteiger partial charge in [0.1, 0.15) is 5.75 Å². The fourth-order valence-corrected chi connectivity index (χ4v) is 2.10. The molecule has 108 valence electrons. The van der Waals surface area contributed by atoms with Gasteiger partial charge in [0.2, 0.25) is 5.91 Å². The molecule has 1 aromatic carbocycles. The first-order chi connectivity index (χ1) is 9.55. The molecule has 1 aromatic rings. The number of nitrogens with two attached hydrogens (primary N) is 1. The molecule has 4 N–H and O–H groups in total. The van der Waals surface area contributed by atoms with Crippen molar-refractivity contribution < 1.29 is 14.3 Å². The lowest BCUT2D eigenvalue weighted by molar-refractivity contribution is -0.120. The molecule has 0 aromatic heterocycles. The van der Waals surface area contributed by atoms with E-state index in [2.05, 4.69) is 10.6 Å². The summed E-state index contributed by atoms with van der Waals surface area (Å²) in [4.78, 5) is 23.2. The molecule has 1 heterocycles. The third kappa shape index (κ3) is 3.02. The molecule has 1 atom stereocenters. The molecule has 2 amide bonds. The van der Waals surface area contributed by atoms with Crippen LogP contribution in [0.5, 0.6) is 5.75 Å². The summed E-state index contributed by atoms with van der Waals surface area (Å²) in [5, 5.41) is 5.70. The lowest BCUT2D eigenvalue weighted by Gasteiger charge is -2.20. The molecular weight excluding hydrogens is 282 g/mol. The number of ether oxygens (including phenoxy) is 1. The minimum Gasteiger partial charge on any atom is -0.482 e. The third-order valence-electron chi connectivity index (χ3n) is 3.11. The number of nitrogens with one attached hydrogen (secondary N) is 2. The highest BCUT2D eigenvalue weighted by Gasteiger charge is 2.20. The van der Waals surface area contributed by atoms with Crippen LogP contribution >= 0.6 is 11.6 Å². The average molecular weight is 298 g/mol. The number of amides is 2. The Bertz CT molecular complexity index is 544. The fraction of sp³-hybridized carbons (Fsp3) is 0.385. The van der Waals surface area contributed by atoms with Crippen LogP contribution in [0.15, 0.2) is 12.1 Å². The van der Waals surface area contributed by atoms with Crippen LogP contribution in [-0.4, -0.2) is 25.0 Å². The normalized spacial score (nSPS) is 14.8. The van der Waals surface area contributed by atoms with Gasteiger partial charge in [0.15, 0.2) is 6.61 Å². The summed E-state index contributed by atoms with van der Waals surface area (Å²) < 4.78 is 5.28. The molecule has 1 unspecified atom stereocenters. The summed E-state index contributed by atoms with van der Waals surface area (Å²) in [5.41, 5.74) is 6.47. The van der Waals surface area contributed by atoms with Gasteiger partial charge in [-0.05, 0) is 12.5 Å². The van der Waals surface area contributed by atoms with Crippen LogP contribution in [0.4, 0.5) is 11.4 Å². The number of hydrogen-bond acceptors (Lipinski definition) is 4. The summed E-state index contributed by atoms with van der Waals surface area (Å²) in [5.74, 6) is -0.205. The Morgan fingerprint density at radius 1 is 1.60 bits per heavy atom. The molecule has 0 saturated carbocycles. The molecule has 0 fully saturated rings. The van der Waals surface area contributed by atoms with Crippen molar-refractivity contribution in [3.63, 3.8) is 0 Å². The van der Waals surface area contributed by atoms with Gasteiger partial charge in [-0.3, -0.25) is 9.59 Å². The van der Waals surface area contributed by atoms with Crippen molar-refractivity contribution in [3.8, 4) is 5.75 Å². The Hall–Kier alpha value is -1.79. The predicted molar refractivity (Wildman–Crippen MR) is 77.0 cm³/mol. The van der Waals surface area contributed by atoms with Gasteiger partial charge in [0.25, 0.3) is 5.91 Å². The minimum atomic E-state index is -0.261. The Kier molecular flexibility index (Phi) is 4.46. The smallest absolute Gasteiger partial charge is 0.262 e. The first kappa shape index (κ1) is 14.6. The third-order valence-corrected chi connectivity index (χ3v) is 3.42. The molecule has 7 heteroatoms. The second-order valence-electron chi connectivity index (χ2n) is 4.50. The van der Waals surface area contributed by atoms with E-state index >= 15 is 0 Å². The number of rotatable bonds is 4. The van der Waals surface area contributed by atoms with Gasteiger partial charge in [0.05, 0.1) is 22.3 Å². The highest BCUT2D eigenvalue weighted by atomic mass is 35.5. The maximum Gasteiger partial charge on any atom is 0.262 e. The molecule has 1 aliphatic heterocycles. The van der Waals surface area contributed by atoms with Crippen LogP contribution in [0, 0.1) is 5.92 Å². The van der Waals surface area contributed by atoms with Crippen LogP contribution < -0.4 is 21.1 Å². The maximum atomic E-state index is 12.0. The topological polar surface area (TPSA) is 93.5 Å². The lowest BCUT2D eigenvalue weighted by atomic mass is 10.1. The molecule has 0 bridgehead atoms. The zero-order valence-corrected chi connectivity index (χ0v) is 11.8. The number of fused-ring (bicyclic) bond motifs is 1. The zero-order valence-electron chi connectivity index (χ0n) is 11.0. The number of carbonyl (C=O) groups excluding carboxylic acids is 2. The SMILES string of the molecule is CCC(CN)C(=O)Nc1cc2c(cc1Cl)NC(=O)CO2. The number of hydrogen-bond donors (Lipinski definition) is 3. The minimum absolute atomic E-state index is 0.0532. The molecule has 0 saturated heterocycles. The Morgan fingerprint density at radius 3 is 3.00 bits per heavy atom. The van der Waals surface area contributed by atoms with Crippen molar-refractivity contribution in [1.29, 1.82) is 0 Å². The molecule has 0 radical (unpaired) electrons. The standard InChI is InChI=1S/C13H16ClN3O3/c1-2-7(5-15)13(19)17-9-4-11-10(3-8(9)14)16-12(18)6-20-11/h3-4,7H,2,5-6,15H2,1H3,(H,16,18)(H,17,19). The lowest BCUT2D eigenvalue weighted by Crippen LogP contribution is -2.29. The van der Waals surface area contributed by atoms with Crippen LogP contribution in [0.3, 0.4) is 0 Å². The maximum absolute atomic E-state index is 12.0. The zero-order chi connectivity index (χ0) is 14.7. The average Bonchev–Trinajstić information content (AvgIpc) is 2.41. The van der Waals surface area contributed by atoms with E-state index in [0.29, 0.717) is 28.6 Å². The van der Waals surface area contributed by atoms with E-state index in [9.17, 15) is 9.59 Å². The second-order valence-corrected chi connectivity index (χ2v) is 4.90. The summed E-state index contributed by atoms with van der Waals surface area (Å²) in [6, 6.07) is 3.14. The number of carbonyl (C=O) groups is 2. The molecule has 0 spiro atoms. The van der Waals surface area contributed by atoms with E-state index in [1.165, 1.54) is 0 Å². The Balaban J connectivity index is 2.21. The molecule has 6 nitrogen and oxygen atoms in total. The molecule has 20 heavy (non-hydrogen) atoms. The molecular formula is C13H16ClN3O3. The summed E-state index contributed by atoms with van der Waals surface area (Å²) in [6.45, 7) is 2.12. The van der Waals surface area contributed by atoms with Crippen molar-refractivity contribution in [2.45, 2.75) is 13.3 Å². The van der Waals surface area contributed by atoms with Crippen molar-refractivity contribution in [2.75, 3.05) is 23.8 Å². The number of anilines is 2. The van der Waals surface area contributed by atoms with E-state index < -0.39 is 0 Å². The van der Waals surface area contributed by atoms with E-state index in [4.69, 9.17) is 22.1 Å². The highest BCUT2D eigenvalue weighted by Crippen LogP contribution is 2.36. The monoisotopic (exact) mass is 297 g/mol. The van der Waals surface area contributed by atoms with Crippen LogP contribution in [0.25, 0.3) is 0 Å². The van der Waals surface area contributed by atoms with Crippen LogP contribution in [0.2, 0.25) is 5.02 Å². The van der Waals surface area contributed by atoms with Crippen molar-refractivity contribution >= 4 is 34.8 Å². The van der Waals surface area contributed by atoms with Crippen molar-refractivity contribution in [2.24, 2.45) is 11.7 Å². The quantitative estimate of drug-likeness (QED) is 0.787. The highest BCUT2D eigenvalue weighted by molar-refractivity contribution is 6.34. The van der Waals surface area contributed by atoms with Crippen LogP contribution in [-0.2, 0) is 9.59 Å². The van der Waals surface area contributed by atoms with Crippen LogP contribution in [0.1, 0.15) is 13.3 Å². The van der Waals surface area contributed by atoms with Crippen molar-refractivity contribution in [3.05, 3.63) is 17.2 Å². The number of benzene rings is 1. The number of halogens is 1. The largest absolute Gasteiger partial charge is 0.482 e. The first-order valence-electron chi connectivity index (χ1n) is 6.32. The van der Waals surface area contributed by atoms with E-state index in [-0.39, 0.29) is 30.9 Å². The van der Waals surface area contributed by atoms with Gasteiger partial charge in [-0.1, -0.05) is 18.5 Å². The van der Waals surface area contributed by atoms with Gasteiger partial charge >= 0.3 is 0 Å². The van der Waals surface area contributed by atoms with E-state index in [0.717, 1.165) is 0 Å². The molecule has 2 rings (SSSR count). The van der Waals surface area contributed by atoms with E-state index in [1.54, 1.807) is 12.1 Å². The van der Waals surface area contributed by atoms with Gasteiger partial charge in [-0.15, -0.1) is 0 Å². The van der Waals surface area contributed by atoms with Crippen molar-refractivity contribution in [1.82, 2.24) is 0 Å². The summed E-state index contributed by atoms with van der Waals surface area (Å²) in [6.07, 6.45) is 0.650. The molecule has 1 aliphatic rings. The second kappa shape index (κ2) is 6.11. The van der Waals surface area contributed by atoms with Gasteiger partial charge in [-0.2, -0.15) is 0 Å². The van der Waals surface area contributed by atoms with Gasteiger partial charge < -0.3 is 21.1 Å². The molecule has 0 aliphatic carbocycles. The van der Waals surface area contributed by atoms with E-state index in [1.807, 2.05) is 6.92 Å². The van der Waals surface area contributed by atoms with Gasteiger partial charge in [-0.25, -0.2) is 0 Å². The summed E-state index contributed by atoms with van der Waals surface area (Å²) in [7, 11) is 0. The predicted octanol–water partition coefficient (Wildman–Crippen LogP) is 1.59. The fourth-order valence-electron chi connectivity index (χ4n) is 1.89.